The molecule has 0 fully saturated rings. The lowest BCUT2D eigenvalue weighted by molar-refractivity contribution is -0.660. The number of pyridine rings is 2. The topological polar surface area (TPSA) is 29.9 Å². The van der Waals surface area contributed by atoms with Crippen LogP contribution in [0.25, 0.3) is 33.3 Å². The molecule has 0 unspecified atom stereocenters. The Bertz CT molecular complexity index is 1010. The first-order valence-electron chi connectivity index (χ1n) is 7.38. The third-order valence-corrected chi connectivity index (χ3v) is 4.12. The molecule has 0 radical (unpaired) electrons. The van der Waals surface area contributed by atoms with E-state index < -0.39 is 0 Å². The summed E-state index contributed by atoms with van der Waals surface area (Å²) in [5.74, 6) is 0. The molecular weight excluding hydrogens is 272 g/mol. The van der Waals surface area contributed by atoms with Crippen LogP contribution in [0, 0.1) is 13.8 Å². The molecule has 0 spiro atoms. The van der Waals surface area contributed by atoms with Crippen LogP contribution in [0.1, 0.15) is 11.1 Å². The smallest absolute Gasteiger partial charge is 0.216 e. The zero-order valence-corrected chi connectivity index (χ0v) is 12.9. The fraction of sp³-hybridized carbons (Fsp3) is 0.158. The van der Waals surface area contributed by atoms with E-state index in [-0.39, 0.29) is 0 Å². The first-order valence-corrected chi connectivity index (χ1v) is 7.38. The average Bonchev–Trinajstić information content (AvgIpc) is 2.87. The number of para-hydroxylation sites is 1. The van der Waals surface area contributed by atoms with Gasteiger partial charge in [0.1, 0.15) is 18.1 Å². The maximum Gasteiger partial charge on any atom is 0.216 e. The number of aromatic nitrogens is 2. The Hall–Kier alpha value is -2.68. The zero-order chi connectivity index (χ0) is 15.3. The maximum atomic E-state index is 6.13. The molecule has 0 aliphatic carbocycles. The van der Waals surface area contributed by atoms with E-state index in [1.54, 1.807) is 0 Å². The van der Waals surface area contributed by atoms with Gasteiger partial charge in [-0.3, -0.25) is 4.98 Å². The van der Waals surface area contributed by atoms with Crippen molar-refractivity contribution in [2.75, 3.05) is 0 Å². The molecule has 0 bridgehead atoms. The van der Waals surface area contributed by atoms with E-state index in [1.807, 2.05) is 24.4 Å². The molecule has 3 aromatic heterocycles. The van der Waals surface area contributed by atoms with Crippen molar-refractivity contribution < 1.29 is 8.98 Å². The Balaban J connectivity index is 2.14. The van der Waals surface area contributed by atoms with Gasteiger partial charge in [0.15, 0.2) is 11.8 Å². The quantitative estimate of drug-likeness (QED) is 0.494. The second-order valence-corrected chi connectivity index (χ2v) is 5.79. The summed E-state index contributed by atoms with van der Waals surface area (Å²) in [7, 11) is 2.07. The third kappa shape index (κ3) is 1.82. The van der Waals surface area contributed by atoms with Gasteiger partial charge in [0.05, 0.1) is 5.56 Å². The van der Waals surface area contributed by atoms with Gasteiger partial charge in [-0.25, -0.2) is 4.57 Å². The van der Waals surface area contributed by atoms with Gasteiger partial charge in [-0.1, -0.05) is 12.1 Å². The Morgan fingerprint density at radius 3 is 2.68 bits per heavy atom. The lowest BCUT2D eigenvalue weighted by Crippen LogP contribution is -2.31. The molecule has 3 nitrogen and oxygen atoms in total. The van der Waals surface area contributed by atoms with Crippen LogP contribution in [0.3, 0.4) is 0 Å². The molecule has 22 heavy (non-hydrogen) atoms. The largest absolute Gasteiger partial charge is 0.453 e. The van der Waals surface area contributed by atoms with Gasteiger partial charge < -0.3 is 4.42 Å². The van der Waals surface area contributed by atoms with E-state index in [2.05, 4.69) is 54.8 Å². The number of furan rings is 1. The molecule has 4 rings (SSSR count). The van der Waals surface area contributed by atoms with Gasteiger partial charge in [0.2, 0.25) is 5.69 Å². The monoisotopic (exact) mass is 289 g/mol. The molecule has 3 heterocycles. The van der Waals surface area contributed by atoms with Crippen LogP contribution < -0.4 is 4.57 Å². The number of aryl methyl sites for hydroxylation is 3. The van der Waals surface area contributed by atoms with Crippen molar-refractivity contribution in [2.24, 2.45) is 7.05 Å². The molecule has 4 aromatic rings. The van der Waals surface area contributed by atoms with Crippen molar-refractivity contribution in [1.82, 2.24) is 4.98 Å². The molecule has 0 aliphatic heterocycles. The van der Waals surface area contributed by atoms with E-state index in [9.17, 15) is 0 Å². The van der Waals surface area contributed by atoms with Crippen molar-refractivity contribution in [2.45, 2.75) is 13.8 Å². The molecule has 0 saturated heterocycles. The molecular formula is C19H17N2O+. The standard InChI is InChI=1S/C19H17N2O/c1-12-8-9-15(21(3)11-12)17-13(2)10-20-18-14-6-4-5-7-16(14)22-19(17)18/h4-11H,1-3H3/q+1. The van der Waals surface area contributed by atoms with Gasteiger partial charge in [-0.15, -0.1) is 0 Å². The summed E-state index contributed by atoms with van der Waals surface area (Å²) in [6.07, 6.45) is 4.06. The van der Waals surface area contributed by atoms with Crippen LogP contribution >= 0.6 is 0 Å². The molecule has 0 amide bonds. The van der Waals surface area contributed by atoms with Crippen molar-refractivity contribution in [3.63, 3.8) is 0 Å². The van der Waals surface area contributed by atoms with Crippen LogP contribution in [0.5, 0.6) is 0 Å². The van der Waals surface area contributed by atoms with E-state index in [4.69, 9.17) is 4.42 Å². The first kappa shape index (κ1) is 13.0. The van der Waals surface area contributed by atoms with Gasteiger partial charge >= 0.3 is 0 Å². The van der Waals surface area contributed by atoms with E-state index in [0.717, 1.165) is 38.9 Å². The fourth-order valence-electron chi connectivity index (χ4n) is 3.06. The summed E-state index contributed by atoms with van der Waals surface area (Å²) in [4.78, 5) is 4.60. The average molecular weight is 289 g/mol. The zero-order valence-electron chi connectivity index (χ0n) is 12.9. The number of fused-ring (bicyclic) bond motifs is 3. The van der Waals surface area contributed by atoms with Crippen LogP contribution in [0.15, 0.2) is 53.2 Å². The van der Waals surface area contributed by atoms with Crippen molar-refractivity contribution in [1.29, 1.82) is 0 Å². The lowest BCUT2D eigenvalue weighted by atomic mass is 10.0. The number of hydrogen-bond acceptors (Lipinski definition) is 2. The number of benzene rings is 1. The summed E-state index contributed by atoms with van der Waals surface area (Å²) >= 11 is 0. The summed E-state index contributed by atoms with van der Waals surface area (Å²) in [5.41, 5.74) is 7.27. The van der Waals surface area contributed by atoms with Gasteiger partial charge in [0.25, 0.3) is 0 Å². The Labute approximate surface area is 128 Å². The Morgan fingerprint density at radius 2 is 1.86 bits per heavy atom. The third-order valence-electron chi connectivity index (χ3n) is 4.12. The molecule has 1 aromatic carbocycles. The van der Waals surface area contributed by atoms with E-state index in [0.29, 0.717) is 0 Å². The normalized spacial score (nSPS) is 11.4. The minimum absolute atomic E-state index is 0.862. The molecule has 0 aliphatic rings. The second-order valence-electron chi connectivity index (χ2n) is 5.79. The Morgan fingerprint density at radius 1 is 1.05 bits per heavy atom. The highest BCUT2D eigenvalue weighted by Crippen LogP contribution is 2.35. The SMILES string of the molecule is Cc1ccc(-c2c(C)cnc3c2oc2ccccc23)[n+](C)c1. The molecule has 3 heteroatoms. The summed E-state index contributed by atoms with van der Waals surface area (Å²) in [5, 5.41) is 1.06. The van der Waals surface area contributed by atoms with E-state index in [1.165, 1.54) is 5.56 Å². The first-order chi connectivity index (χ1) is 10.6. The van der Waals surface area contributed by atoms with Gasteiger partial charge in [-0.05, 0) is 37.6 Å². The fourth-order valence-corrected chi connectivity index (χ4v) is 3.06. The summed E-state index contributed by atoms with van der Waals surface area (Å²) in [6, 6.07) is 12.3. The van der Waals surface area contributed by atoms with Crippen LogP contribution in [-0.4, -0.2) is 4.98 Å². The highest BCUT2D eigenvalue weighted by atomic mass is 16.3. The minimum Gasteiger partial charge on any atom is -0.453 e. The van der Waals surface area contributed by atoms with E-state index >= 15 is 0 Å². The van der Waals surface area contributed by atoms with Crippen LogP contribution in [0.2, 0.25) is 0 Å². The highest BCUT2D eigenvalue weighted by molar-refractivity contribution is 6.07. The minimum atomic E-state index is 0.862. The molecule has 0 saturated carbocycles. The predicted molar refractivity (Wildman–Crippen MR) is 87.6 cm³/mol. The van der Waals surface area contributed by atoms with Crippen LogP contribution in [-0.2, 0) is 7.05 Å². The number of hydrogen-bond donors (Lipinski definition) is 0. The van der Waals surface area contributed by atoms with Gasteiger partial charge in [0, 0.05) is 23.2 Å². The highest BCUT2D eigenvalue weighted by Gasteiger charge is 2.21. The van der Waals surface area contributed by atoms with Crippen molar-refractivity contribution >= 4 is 22.1 Å². The van der Waals surface area contributed by atoms with Crippen molar-refractivity contribution in [3.05, 3.63) is 59.9 Å². The second kappa shape index (κ2) is 4.67. The lowest BCUT2D eigenvalue weighted by Gasteiger charge is -2.05. The van der Waals surface area contributed by atoms with Gasteiger partial charge in [-0.2, -0.15) is 0 Å². The molecule has 0 atom stereocenters. The number of nitrogens with zero attached hydrogens (tertiary/aromatic N) is 2. The van der Waals surface area contributed by atoms with Crippen molar-refractivity contribution in [3.8, 4) is 11.3 Å². The Kier molecular flexibility index (Phi) is 2.76. The number of rotatable bonds is 1. The van der Waals surface area contributed by atoms with Crippen LogP contribution in [0.4, 0.5) is 0 Å². The summed E-state index contributed by atoms with van der Waals surface area (Å²) in [6.45, 7) is 4.18. The molecule has 0 N–H and O–H groups in total. The predicted octanol–water partition coefficient (Wildman–Crippen LogP) is 4.09. The maximum absolute atomic E-state index is 6.13. The molecule has 108 valence electrons. The summed E-state index contributed by atoms with van der Waals surface area (Å²) < 4.78 is 8.27.